The summed E-state index contributed by atoms with van der Waals surface area (Å²) in [6, 6.07) is 7.18. The lowest BCUT2D eigenvalue weighted by Gasteiger charge is -2.34. The highest BCUT2D eigenvalue weighted by atomic mass is 16.1. The van der Waals surface area contributed by atoms with Gasteiger partial charge in [0, 0.05) is 42.4 Å². The Morgan fingerprint density at radius 1 is 1.00 bits per heavy atom. The molecule has 4 aromatic rings. The molecule has 0 bridgehead atoms. The summed E-state index contributed by atoms with van der Waals surface area (Å²) in [5, 5.41) is 16.0. The van der Waals surface area contributed by atoms with Gasteiger partial charge in [0.2, 0.25) is 0 Å². The number of imidazole rings is 1. The van der Waals surface area contributed by atoms with Crippen LogP contribution < -0.4 is 15.5 Å². The van der Waals surface area contributed by atoms with E-state index >= 15 is 0 Å². The van der Waals surface area contributed by atoms with Crippen LogP contribution in [-0.4, -0.2) is 55.6 Å². The maximum atomic E-state index is 13.2. The molecule has 1 aliphatic heterocycles. The van der Waals surface area contributed by atoms with Crippen LogP contribution in [0.1, 0.15) is 47.4 Å². The van der Waals surface area contributed by atoms with Crippen molar-refractivity contribution in [3.05, 3.63) is 53.7 Å². The second-order valence-corrected chi connectivity index (χ2v) is 9.41. The average molecular weight is 457 g/mol. The fraction of sp³-hybridized carbons (Fsp3) is 0.400. The van der Waals surface area contributed by atoms with Crippen molar-refractivity contribution in [2.24, 2.45) is 0 Å². The smallest absolute Gasteiger partial charge is 0.259 e. The molecule has 0 unspecified atom stereocenters. The molecule has 1 aromatic carbocycles. The van der Waals surface area contributed by atoms with Crippen molar-refractivity contribution in [2.75, 3.05) is 23.3 Å². The molecule has 34 heavy (non-hydrogen) atoms. The number of aryl methyl sites for hydroxylation is 2. The Hall–Kier alpha value is -3.59. The van der Waals surface area contributed by atoms with E-state index in [-0.39, 0.29) is 5.91 Å². The van der Waals surface area contributed by atoms with E-state index in [1.54, 1.807) is 12.4 Å². The molecule has 1 aliphatic carbocycles. The van der Waals surface area contributed by atoms with Crippen molar-refractivity contribution in [2.45, 2.75) is 51.6 Å². The number of benzene rings is 1. The van der Waals surface area contributed by atoms with Crippen molar-refractivity contribution in [1.82, 2.24) is 29.9 Å². The maximum absolute atomic E-state index is 13.2. The van der Waals surface area contributed by atoms with Crippen LogP contribution in [0.4, 0.5) is 11.5 Å². The number of aromatic nitrogens is 5. The number of fused-ring (bicyclic) bond motifs is 2. The summed E-state index contributed by atoms with van der Waals surface area (Å²) >= 11 is 0. The van der Waals surface area contributed by atoms with Crippen molar-refractivity contribution < 1.29 is 4.79 Å². The van der Waals surface area contributed by atoms with Gasteiger partial charge in [0.25, 0.3) is 5.91 Å². The van der Waals surface area contributed by atoms with Gasteiger partial charge in [0.05, 0.1) is 29.3 Å². The first kappa shape index (κ1) is 21.0. The fourth-order valence-corrected chi connectivity index (χ4v) is 4.95. The first-order valence-electron chi connectivity index (χ1n) is 11.9. The molecule has 9 heteroatoms. The number of rotatable bonds is 5. The van der Waals surface area contributed by atoms with E-state index in [2.05, 4.69) is 35.7 Å². The monoisotopic (exact) mass is 456 g/mol. The van der Waals surface area contributed by atoms with E-state index in [9.17, 15) is 4.79 Å². The highest BCUT2D eigenvalue weighted by Crippen LogP contribution is 2.31. The number of carbonyl (C=O) groups excluding carboxylic acids is 1. The van der Waals surface area contributed by atoms with Crippen molar-refractivity contribution >= 4 is 34.0 Å². The first-order valence-corrected chi connectivity index (χ1v) is 11.9. The number of nitrogens with one attached hydrogen (secondary N) is 2. The van der Waals surface area contributed by atoms with Gasteiger partial charge in [-0.2, -0.15) is 5.10 Å². The Bertz CT molecular complexity index is 1380. The largest absolute Gasteiger partial charge is 0.371 e. The van der Waals surface area contributed by atoms with Crippen LogP contribution in [0.25, 0.3) is 16.6 Å². The van der Waals surface area contributed by atoms with Crippen LogP contribution >= 0.6 is 0 Å². The molecule has 2 aliphatic rings. The van der Waals surface area contributed by atoms with E-state index in [1.165, 1.54) is 12.8 Å². The number of piperidine rings is 1. The number of hydrogen-bond acceptors (Lipinski definition) is 7. The minimum absolute atomic E-state index is 0.255. The molecule has 2 fully saturated rings. The molecular weight excluding hydrogens is 428 g/mol. The number of anilines is 2. The zero-order valence-electron chi connectivity index (χ0n) is 19.5. The van der Waals surface area contributed by atoms with E-state index in [0.717, 1.165) is 60.1 Å². The molecule has 1 saturated carbocycles. The summed E-state index contributed by atoms with van der Waals surface area (Å²) in [7, 11) is 0. The molecule has 3 aromatic heterocycles. The molecule has 1 saturated heterocycles. The van der Waals surface area contributed by atoms with Crippen LogP contribution in [-0.2, 0) is 0 Å². The van der Waals surface area contributed by atoms with E-state index in [4.69, 9.17) is 0 Å². The van der Waals surface area contributed by atoms with Gasteiger partial charge >= 0.3 is 0 Å². The SMILES string of the molecule is Cc1cn2cc(NC(=O)c3ccc(N4CCC(NC5CC5)CC4)c4ccnnc34)nc2c(C)n1. The summed E-state index contributed by atoms with van der Waals surface area (Å²) < 4.78 is 1.88. The summed E-state index contributed by atoms with van der Waals surface area (Å²) in [5.74, 6) is 0.224. The highest BCUT2D eigenvalue weighted by molar-refractivity contribution is 6.13. The molecule has 0 atom stereocenters. The van der Waals surface area contributed by atoms with Gasteiger partial charge in [-0.15, -0.1) is 5.10 Å². The van der Waals surface area contributed by atoms with E-state index in [1.807, 2.05) is 42.6 Å². The highest BCUT2D eigenvalue weighted by Gasteiger charge is 2.28. The van der Waals surface area contributed by atoms with Crippen LogP contribution in [0.5, 0.6) is 0 Å². The lowest BCUT2D eigenvalue weighted by atomic mass is 10.0. The van der Waals surface area contributed by atoms with Crippen molar-refractivity contribution in [3.63, 3.8) is 0 Å². The summed E-state index contributed by atoms with van der Waals surface area (Å²) in [6.45, 7) is 5.82. The van der Waals surface area contributed by atoms with Crippen LogP contribution in [0.2, 0.25) is 0 Å². The van der Waals surface area contributed by atoms with Crippen molar-refractivity contribution in [3.8, 4) is 0 Å². The molecular formula is C25H28N8O. The third kappa shape index (κ3) is 3.96. The first-order chi connectivity index (χ1) is 16.5. The predicted octanol–water partition coefficient (Wildman–Crippen LogP) is 3.26. The number of nitrogens with zero attached hydrogens (tertiary/aromatic N) is 6. The molecule has 0 radical (unpaired) electrons. The van der Waals surface area contributed by atoms with Gasteiger partial charge in [0.1, 0.15) is 5.52 Å². The van der Waals surface area contributed by atoms with Gasteiger partial charge in [-0.1, -0.05) is 0 Å². The third-order valence-corrected chi connectivity index (χ3v) is 6.76. The van der Waals surface area contributed by atoms with Crippen LogP contribution in [0, 0.1) is 13.8 Å². The topological polar surface area (TPSA) is 100 Å². The van der Waals surface area contributed by atoms with Gasteiger partial charge in [-0.25, -0.2) is 4.98 Å². The van der Waals surface area contributed by atoms with Gasteiger partial charge in [-0.05, 0) is 57.7 Å². The zero-order chi connectivity index (χ0) is 23.2. The van der Waals surface area contributed by atoms with Gasteiger partial charge in [0.15, 0.2) is 11.5 Å². The third-order valence-electron chi connectivity index (χ3n) is 6.76. The van der Waals surface area contributed by atoms with Crippen molar-refractivity contribution in [1.29, 1.82) is 0 Å². The second kappa shape index (κ2) is 8.32. The molecule has 2 N–H and O–H groups in total. The van der Waals surface area contributed by atoms with E-state index in [0.29, 0.717) is 22.9 Å². The minimum atomic E-state index is -0.255. The predicted molar refractivity (Wildman–Crippen MR) is 131 cm³/mol. The number of carbonyl (C=O) groups is 1. The Morgan fingerprint density at radius 3 is 2.59 bits per heavy atom. The summed E-state index contributed by atoms with van der Waals surface area (Å²) in [6.07, 6.45) is 10.3. The Labute approximate surface area is 197 Å². The second-order valence-electron chi connectivity index (χ2n) is 9.41. The van der Waals surface area contributed by atoms with Crippen LogP contribution in [0.15, 0.2) is 36.8 Å². The molecule has 9 nitrogen and oxygen atoms in total. The number of amides is 1. The molecule has 1 amide bonds. The molecule has 174 valence electrons. The van der Waals surface area contributed by atoms with Gasteiger partial charge < -0.3 is 19.9 Å². The average Bonchev–Trinajstić information content (AvgIpc) is 3.56. The zero-order valence-corrected chi connectivity index (χ0v) is 19.5. The Kier molecular flexibility index (Phi) is 5.13. The van der Waals surface area contributed by atoms with E-state index < -0.39 is 0 Å². The fourth-order valence-electron chi connectivity index (χ4n) is 4.95. The number of hydrogen-bond donors (Lipinski definition) is 2. The standard InChI is InChI=1S/C25H28N8O/c1-15-13-33-14-22(29-24(33)16(2)27-15)30-25(34)20-5-6-21(19-7-10-26-31-23(19)20)32-11-8-18(9-12-32)28-17-3-4-17/h5-7,10,13-14,17-18,28H,3-4,8-9,11-12H2,1-2H3,(H,30,34). The molecule has 0 spiro atoms. The Balaban J connectivity index is 1.26. The summed E-state index contributed by atoms with van der Waals surface area (Å²) in [4.78, 5) is 24.6. The normalized spacial score (nSPS) is 16.9. The lowest BCUT2D eigenvalue weighted by molar-refractivity contribution is 0.102. The lowest BCUT2D eigenvalue weighted by Crippen LogP contribution is -2.43. The van der Waals surface area contributed by atoms with Gasteiger partial charge in [-0.3, -0.25) is 9.78 Å². The maximum Gasteiger partial charge on any atom is 0.259 e. The molecule has 4 heterocycles. The summed E-state index contributed by atoms with van der Waals surface area (Å²) in [5.41, 5.74) is 4.63. The Morgan fingerprint density at radius 2 is 1.79 bits per heavy atom. The molecule has 6 rings (SSSR count). The minimum Gasteiger partial charge on any atom is -0.371 e. The quantitative estimate of drug-likeness (QED) is 0.475. The van der Waals surface area contributed by atoms with Crippen LogP contribution in [0.3, 0.4) is 0 Å².